The number of aromatic amines is 1. The number of carbonyl (C=O) groups excluding carboxylic acids is 1. The van der Waals surface area contributed by atoms with Crippen LogP contribution in [0.4, 0.5) is 5.69 Å². The van der Waals surface area contributed by atoms with Crippen LogP contribution in [0.3, 0.4) is 0 Å². The highest BCUT2D eigenvalue weighted by Gasteiger charge is 2.27. The van der Waals surface area contributed by atoms with Crippen molar-refractivity contribution in [2.45, 2.75) is 6.10 Å². The molecular weight excluding hydrogens is 460 g/mol. The Morgan fingerprint density at radius 3 is 2.88 bits per heavy atom. The van der Waals surface area contributed by atoms with E-state index in [2.05, 4.69) is 22.1 Å². The SMILES string of the molecule is COc1cc[nH]c1C=C1C(=O)Nc2cccc(C#CC(O)c3ccc(Cl)cc3OCSC)c21. The molecule has 0 saturated heterocycles. The molecule has 1 unspecified atom stereocenters. The maximum Gasteiger partial charge on any atom is 0.256 e. The smallest absolute Gasteiger partial charge is 0.256 e. The third kappa shape index (κ3) is 4.88. The Balaban J connectivity index is 1.71. The van der Waals surface area contributed by atoms with Crippen LogP contribution in [0, 0.1) is 11.8 Å². The minimum absolute atomic E-state index is 0.234. The van der Waals surface area contributed by atoms with Gasteiger partial charge in [-0.1, -0.05) is 35.6 Å². The molecule has 1 aromatic heterocycles. The van der Waals surface area contributed by atoms with E-state index in [1.54, 1.807) is 43.6 Å². The van der Waals surface area contributed by atoms with Crippen molar-refractivity contribution in [2.75, 3.05) is 24.6 Å². The normalized spacial score (nSPS) is 14.3. The zero-order chi connectivity index (χ0) is 23.4. The molecule has 4 rings (SSSR count). The molecular formula is C25H21ClN2O4S. The second-order valence-electron chi connectivity index (χ2n) is 7.10. The first-order valence-electron chi connectivity index (χ1n) is 10.0. The fourth-order valence-electron chi connectivity index (χ4n) is 3.50. The van der Waals surface area contributed by atoms with Crippen LogP contribution >= 0.6 is 23.4 Å². The van der Waals surface area contributed by atoms with Gasteiger partial charge in [-0.25, -0.2) is 0 Å². The first kappa shape index (κ1) is 22.9. The van der Waals surface area contributed by atoms with E-state index in [0.717, 1.165) is 0 Å². The Labute approximate surface area is 201 Å². The molecule has 3 aromatic rings. The van der Waals surface area contributed by atoms with Crippen LogP contribution in [0.25, 0.3) is 11.6 Å². The first-order chi connectivity index (χ1) is 16.0. The van der Waals surface area contributed by atoms with Crippen molar-refractivity contribution in [3.05, 3.63) is 76.1 Å². The summed E-state index contributed by atoms with van der Waals surface area (Å²) in [6.07, 6.45) is 4.29. The van der Waals surface area contributed by atoms with E-state index >= 15 is 0 Å². The molecule has 0 bridgehead atoms. The van der Waals surface area contributed by atoms with Gasteiger partial charge in [-0.05, 0) is 42.7 Å². The molecule has 1 atom stereocenters. The number of benzene rings is 2. The van der Waals surface area contributed by atoms with E-state index in [9.17, 15) is 9.90 Å². The first-order valence-corrected chi connectivity index (χ1v) is 11.8. The second-order valence-corrected chi connectivity index (χ2v) is 8.35. The molecule has 0 aliphatic carbocycles. The molecule has 6 nitrogen and oxygen atoms in total. The third-order valence-electron chi connectivity index (χ3n) is 5.02. The van der Waals surface area contributed by atoms with Crippen LogP contribution < -0.4 is 14.8 Å². The zero-order valence-corrected chi connectivity index (χ0v) is 19.5. The van der Waals surface area contributed by atoms with Gasteiger partial charge in [-0.2, -0.15) is 0 Å². The van der Waals surface area contributed by atoms with Crippen molar-refractivity contribution < 1.29 is 19.4 Å². The van der Waals surface area contributed by atoms with E-state index in [-0.39, 0.29) is 5.91 Å². The van der Waals surface area contributed by atoms with Gasteiger partial charge in [0.1, 0.15) is 23.5 Å². The van der Waals surface area contributed by atoms with Gasteiger partial charge in [-0.15, -0.1) is 11.8 Å². The largest absolute Gasteiger partial charge is 0.495 e. The maximum absolute atomic E-state index is 12.7. The van der Waals surface area contributed by atoms with Crippen LogP contribution in [0.15, 0.2) is 48.7 Å². The summed E-state index contributed by atoms with van der Waals surface area (Å²) in [5, 5.41) is 14.1. The lowest BCUT2D eigenvalue weighted by Crippen LogP contribution is -2.03. The molecule has 2 heterocycles. The highest BCUT2D eigenvalue weighted by molar-refractivity contribution is 7.98. The van der Waals surface area contributed by atoms with Crippen LogP contribution in [0.2, 0.25) is 5.02 Å². The Kier molecular flexibility index (Phi) is 6.99. The number of carbonyl (C=O) groups is 1. The van der Waals surface area contributed by atoms with Crippen LogP contribution in [0.5, 0.6) is 11.5 Å². The average molecular weight is 481 g/mol. The van der Waals surface area contributed by atoms with Gasteiger partial charge < -0.3 is 24.9 Å². The average Bonchev–Trinajstić information content (AvgIpc) is 3.40. The number of aliphatic hydroxyl groups excluding tert-OH is 1. The summed E-state index contributed by atoms with van der Waals surface area (Å²) < 4.78 is 11.0. The van der Waals surface area contributed by atoms with Gasteiger partial charge in [0.05, 0.1) is 24.1 Å². The molecule has 1 aliphatic rings. The van der Waals surface area contributed by atoms with Gasteiger partial charge in [0.2, 0.25) is 0 Å². The van der Waals surface area contributed by atoms with Crippen molar-refractivity contribution in [2.24, 2.45) is 0 Å². The third-order valence-corrected chi connectivity index (χ3v) is 5.61. The Bertz CT molecular complexity index is 1290. The van der Waals surface area contributed by atoms with Crippen molar-refractivity contribution in [3.63, 3.8) is 0 Å². The van der Waals surface area contributed by atoms with Gasteiger partial charge >= 0.3 is 0 Å². The highest BCUT2D eigenvalue weighted by atomic mass is 35.5. The number of anilines is 1. The number of aliphatic hydroxyl groups is 1. The summed E-state index contributed by atoms with van der Waals surface area (Å²) in [5.41, 5.74) is 3.61. The summed E-state index contributed by atoms with van der Waals surface area (Å²) in [6.45, 7) is 0. The van der Waals surface area contributed by atoms with Gasteiger partial charge in [0, 0.05) is 27.9 Å². The molecule has 8 heteroatoms. The van der Waals surface area contributed by atoms with E-state index < -0.39 is 6.10 Å². The van der Waals surface area contributed by atoms with Crippen molar-refractivity contribution >= 4 is 46.6 Å². The number of amides is 1. The second kappa shape index (κ2) is 10.1. The fraction of sp³-hybridized carbons (Fsp3) is 0.160. The monoisotopic (exact) mass is 480 g/mol. The minimum atomic E-state index is -1.10. The predicted molar refractivity (Wildman–Crippen MR) is 133 cm³/mol. The number of methoxy groups -OCH3 is 1. The number of ether oxygens (including phenoxy) is 2. The highest BCUT2D eigenvalue weighted by Crippen LogP contribution is 2.37. The summed E-state index contributed by atoms with van der Waals surface area (Å²) in [5.74, 6) is 7.20. The Morgan fingerprint density at radius 2 is 2.09 bits per heavy atom. The predicted octanol–water partition coefficient (Wildman–Crippen LogP) is 4.95. The lowest BCUT2D eigenvalue weighted by Gasteiger charge is -2.12. The van der Waals surface area contributed by atoms with Gasteiger partial charge in [0.25, 0.3) is 5.91 Å². The molecule has 0 radical (unpaired) electrons. The van der Waals surface area contributed by atoms with E-state index in [1.165, 1.54) is 11.8 Å². The summed E-state index contributed by atoms with van der Waals surface area (Å²) in [4.78, 5) is 15.8. The lowest BCUT2D eigenvalue weighted by molar-refractivity contribution is -0.110. The van der Waals surface area contributed by atoms with Gasteiger partial charge in [-0.3, -0.25) is 4.79 Å². The van der Waals surface area contributed by atoms with Crippen LogP contribution in [0.1, 0.15) is 28.5 Å². The molecule has 0 spiro atoms. The van der Waals surface area contributed by atoms with Crippen molar-refractivity contribution in [1.82, 2.24) is 4.98 Å². The minimum Gasteiger partial charge on any atom is -0.495 e. The molecule has 0 saturated carbocycles. The number of hydrogen-bond donors (Lipinski definition) is 3. The molecule has 3 N–H and O–H groups in total. The molecule has 2 aromatic carbocycles. The van der Waals surface area contributed by atoms with Gasteiger partial charge in [0.15, 0.2) is 0 Å². The number of H-pyrrole nitrogens is 1. The summed E-state index contributed by atoms with van der Waals surface area (Å²) in [7, 11) is 1.57. The number of aromatic nitrogens is 1. The maximum atomic E-state index is 12.7. The van der Waals surface area contributed by atoms with Crippen LogP contribution in [-0.4, -0.2) is 35.3 Å². The number of nitrogens with one attached hydrogen (secondary N) is 2. The van der Waals surface area contributed by atoms with Crippen molar-refractivity contribution in [1.29, 1.82) is 0 Å². The molecule has 168 valence electrons. The van der Waals surface area contributed by atoms with E-state index in [1.807, 2.05) is 24.5 Å². The zero-order valence-electron chi connectivity index (χ0n) is 17.9. The van der Waals surface area contributed by atoms with Crippen molar-refractivity contribution in [3.8, 4) is 23.3 Å². The molecule has 1 aliphatic heterocycles. The quantitative estimate of drug-likeness (QED) is 0.264. The molecule has 0 fully saturated rings. The number of fused-ring (bicyclic) bond motifs is 1. The molecule has 33 heavy (non-hydrogen) atoms. The summed E-state index contributed by atoms with van der Waals surface area (Å²) in [6, 6.07) is 12.3. The van der Waals surface area contributed by atoms with Crippen LogP contribution in [-0.2, 0) is 4.79 Å². The number of rotatable bonds is 6. The molecule has 1 amide bonds. The number of thioether (sulfide) groups is 1. The Morgan fingerprint density at radius 1 is 1.24 bits per heavy atom. The summed E-state index contributed by atoms with van der Waals surface area (Å²) >= 11 is 7.60. The Hall–Kier alpha value is -3.31. The fourth-order valence-corrected chi connectivity index (χ4v) is 3.91. The van der Waals surface area contributed by atoms with E-state index in [4.69, 9.17) is 21.1 Å². The van der Waals surface area contributed by atoms with E-state index in [0.29, 0.717) is 56.1 Å². The number of halogens is 1. The topological polar surface area (TPSA) is 83.6 Å². The lowest BCUT2D eigenvalue weighted by atomic mass is 9.99. The number of hydrogen-bond acceptors (Lipinski definition) is 5. The standard InChI is InChI=1S/C25H21ClN2O4S/c1-31-22-10-11-27-20(22)13-18-24-15(4-3-5-19(24)28-25(18)30)6-9-21(29)17-8-7-16(26)12-23(17)32-14-33-2/h3-5,7-8,10-13,21,27,29H,14H2,1-2H3,(H,28,30).